The van der Waals surface area contributed by atoms with Crippen LogP contribution in [-0.4, -0.2) is 23.2 Å². The minimum absolute atomic E-state index is 0.0139. The number of hydrogen-bond acceptors (Lipinski definition) is 2. The molecule has 1 aromatic rings. The van der Waals surface area contributed by atoms with Gasteiger partial charge in [-0.15, -0.1) is 0 Å². The van der Waals surface area contributed by atoms with Crippen LogP contribution in [0.4, 0.5) is 17.6 Å². The minimum atomic E-state index is -4.89. The Morgan fingerprint density at radius 1 is 1.33 bits per heavy atom. The van der Waals surface area contributed by atoms with Gasteiger partial charge in [0.25, 0.3) is 0 Å². The Hall–Kier alpha value is -1.14. The van der Waals surface area contributed by atoms with Crippen LogP contribution < -0.4 is 0 Å². The Bertz CT molecular complexity index is 560. The number of alkyl halides is 3. The highest BCUT2D eigenvalue weighted by atomic mass is 35.5. The SMILES string of the molecule is O=CCCC1(c2cc(F)ccc2Cl)CCC1(O)C(F)(F)F. The molecule has 7 heteroatoms. The van der Waals surface area contributed by atoms with Gasteiger partial charge in [0.2, 0.25) is 0 Å². The molecule has 0 radical (unpaired) electrons. The van der Waals surface area contributed by atoms with Crippen LogP contribution in [0.2, 0.25) is 5.02 Å². The van der Waals surface area contributed by atoms with E-state index < -0.39 is 29.4 Å². The highest BCUT2D eigenvalue weighted by Crippen LogP contribution is 2.61. The number of hydrogen-bond donors (Lipinski definition) is 1. The largest absolute Gasteiger partial charge is 0.418 e. The summed E-state index contributed by atoms with van der Waals surface area (Å²) in [5, 5.41) is 10.1. The van der Waals surface area contributed by atoms with Gasteiger partial charge in [0.1, 0.15) is 12.1 Å². The molecular formula is C14H13ClF4O2. The van der Waals surface area contributed by atoms with E-state index >= 15 is 0 Å². The number of aldehydes is 1. The van der Waals surface area contributed by atoms with E-state index in [1.165, 1.54) is 0 Å². The van der Waals surface area contributed by atoms with Crippen LogP contribution in [0, 0.1) is 5.82 Å². The predicted octanol–water partition coefficient (Wildman–Crippen LogP) is 3.78. The number of carbonyl (C=O) groups excluding carboxylic acids is 1. The zero-order valence-corrected chi connectivity index (χ0v) is 11.6. The topological polar surface area (TPSA) is 37.3 Å². The van der Waals surface area contributed by atoms with Crippen molar-refractivity contribution >= 4 is 17.9 Å². The van der Waals surface area contributed by atoms with Crippen molar-refractivity contribution in [2.75, 3.05) is 0 Å². The lowest BCUT2D eigenvalue weighted by Gasteiger charge is -2.57. The first kappa shape index (κ1) is 16.2. The van der Waals surface area contributed by atoms with Gasteiger partial charge in [-0.1, -0.05) is 11.6 Å². The molecule has 2 unspecified atom stereocenters. The quantitative estimate of drug-likeness (QED) is 0.676. The second-order valence-electron chi connectivity index (χ2n) is 5.27. The third-order valence-electron chi connectivity index (χ3n) is 4.31. The summed E-state index contributed by atoms with van der Waals surface area (Å²) in [6.45, 7) is 0. The van der Waals surface area contributed by atoms with Crippen LogP contribution in [0.1, 0.15) is 31.2 Å². The summed E-state index contributed by atoms with van der Waals surface area (Å²) < 4.78 is 53.2. The summed E-state index contributed by atoms with van der Waals surface area (Å²) in [7, 11) is 0. The molecule has 1 aromatic carbocycles. The van der Waals surface area contributed by atoms with Crippen LogP contribution in [0.15, 0.2) is 18.2 Å². The Morgan fingerprint density at radius 2 is 2.00 bits per heavy atom. The standard InChI is InChI=1S/C14H13ClF4O2/c15-11-3-2-9(16)8-10(11)12(4-1-7-20)5-6-13(12,21)14(17,18)19/h2-3,7-8,21H,1,4-6H2. The van der Waals surface area contributed by atoms with E-state index in [0.717, 1.165) is 18.2 Å². The highest BCUT2D eigenvalue weighted by Gasteiger charge is 2.72. The molecule has 1 fully saturated rings. The van der Waals surface area contributed by atoms with E-state index in [1.54, 1.807) is 0 Å². The van der Waals surface area contributed by atoms with Gasteiger partial charge in [0.15, 0.2) is 5.60 Å². The molecule has 2 atom stereocenters. The van der Waals surface area contributed by atoms with Gasteiger partial charge < -0.3 is 9.90 Å². The first-order chi connectivity index (χ1) is 9.68. The van der Waals surface area contributed by atoms with Gasteiger partial charge in [-0.25, -0.2) is 4.39 Å². The Labute approximate surface area is 123 Å². The van der Waals surface area contributed by atoms with Gasteiger partial charge in [-0.05, 0) is 43.0 Å². The van der Waals surface area contributed by atoms with Crippen LogP contribution in [0.3, 0.4) is 0 Å². The number of halogens is 5. The number of benzene rings is 1. The Kier molecular flexibility index (Phi) is 4.06. The lowest BCUT2D eigenvalue weighted by Crippen LogP contribution is -2.68. The van der Waals surface area contributed by atoms with E-state index in [9.17, 15) is 27.5 Å². The minimum Gasteiger partial charge on any atom is -0.380 e. The summed E-state index contributed by atoms with van der Waals surface area (Å²) in [5.41, 5.74) is -4.89. The van der Waals surface area contributed by atoms with E-state index in [2.05, 4.69) is 0 Å². The van der Waals surface area contributed by atoms with Crippen LogP contribution in [0.5, 0.6) is 0 Å². The maximum atomic E-state index is 13.4. The molecule has 0 spiro atoms. The number of aliphatic hydroxyl groups is 1. The van der Waals surface area contributed by atoms with Gasteiger partial charge in [-0.3, -0.25) is 0 Å². The molecule has 1 aliphatic rings. The molecule has 0 saturated heterocycles. The van der Waals surface area contributed by atoms with Crippen LogP contribution in [0.25, 0.3) is 0 Å². The fourth-order valence-electron chi connectivity index (χ4n) is 3.07. The average molecular weight is 325 g/mol. The van der Waals surface area contributed by atoms with Gasteiger partial charge in [0.05, 0.1) is 0 Å². The molecule has 1 N–H and O–H groups in total. The third-order valence-corrected chi connectivity index (χ3v) is 4.64. The van der Waals surface area contributed by atoms with Crippen molar-refractivity contribution < 1.29 is 27.5 Å². The average Bonchev–Trinajstić information content (AvgIpc) is 2.39. The predicted molar refractivity (Wildman–Crippen MR) is 68.6 cm³/mol. The van der Waals surface area contributed by atoms with Gasteiger partial charge in [0, 0.05) is 16.9 Å². The third kappa shape index (κ3) is 2.34. The molecule has 0 bridgehead atoms. The molecule has 0 heterocycles. The first-order valence-electron chi connectivity index (χ1n) is 6.36. The normalized spacial score (nSPS) is 29.0. The molecule has 116 valence electrons. The molecule has 2 rings (SSSR count). The molecule has 0 amide bonds. The smallest absolute Gasteiger partial charge is 0.380 e. The first-order valence-corrected chi connectivity index (χ1v) is 6.74. The number of carbonyl (C=O) groups is 1. The fraction of sp³-hybridized carbons (Fsp3) is 0.500. The zero-order valence-electron chi connectivity index (χ0n) is 10.9. The summed E-state index contributed by atoms with van der Waals surface area (Å²) in [6.07, 6.45) is -5.34. The summed E-state index contributed by atoms with van der Waals surface area (Å²) in [5.74, 6) is -0.740. The molecule has 1 saturated carbocycles. The van der Waals surface area contributed by atoms with Crippen molar-refractivity contribution in [3.05, 3.63) is 34.6 Å². The second-order valence-corrected chi connectivity index (χ2v) is 5.68. The maximum absolute atomic E-state index is 13.4. The van der Waals surface area contributed by atoms with Crippen molar-refractivity contribution in [3.63, 3.8) is 0 Å². The molecule has 21 heavy (non-hydrogen) atoms. The van der Waals surface area contributed by atoms with Crippen molar-refractivity contribution in [2.45, 2.75) is 42.9 Å². The Balaban J connectivity index is 2.58. The fourth-order valence-corrected chi connectivity index (χ4v) is 3.37. The maximum Gasteiger partial charge on any atom is 0.418 e. The molecule has 0 aromatic heterocycles. The van der Waals surface area contributed by atoms with E-state index in [-0.39, 0.29) is 29.8 Å². The van der Waals surface area contributed by atoms with Crippen LogP contribution in [-0.2, 0) is 10.2 Å². The number of rotatable bonds is 4. The summed E-state index contributed by atoms with van der Waals surface area (Å²) >= 11 is 5.92. The van der Waals surface area contributed by atoms with Crippen molar-refractivity contribution in [3.8, 4) is 0 Å². The Morgan fingerprint density at radius 3 is 2.48 bits per heavy atom. The van der Waals surface area contributed by atoms with E-state index in [1.807, 2.05) is 0 Å². The summed E-state index contributed by atoms with van der Waals surface area (Å²) in [6, 6.07) is 3.09. The van der Waals surface area contributed by atoms with Crippen molar-refractivity contribution in [1.82, 2.24) is 0 Å². The summed E-state index contributed by atoms with van der Waals surface area (Å²) in [4.78, 5) is 10.6. The van der Waals surface area contributed by atoms with Gasteiger partial charge in [-0.2, -0.15) is 13.2 Å². The van der Waals surface area contributed by atoms with Crippen molar-refractivity contribution in [2.24, 2.45) is 0 Å². The molecular weight excluding hydrogens is 312 g/mol. The molecule has 0 aliphatic heterocycles. The second kappa shape index (κ2) is 5.25. The van der Waals surface area contributed by atoms with Gasteiger partial charge >= 0.3 is 6.18 Å². The van der Waals surface area contributed by atoms with E-state index in [0.29, 0.717) is 6.29 Å². The lowest BCUT2D eigenvalue weighted by molar-refractivity contribution is -0.321. The zero-order chi connectivity index (χ0) is 15.9. The highest BCUT2D eigenvalue weighted by molar-refractivity contribution is 6.31. The van der Waals surface area contributed by atoms with Crippen LogP contribution >= 0.6 is 11.6 Å². The lowest BCUT2D eigenvalue weighted by atomic mass is 9.51. The molecule has 1 aliphatic carbocycles. The van der Waals surface area contributed by atoms with Crippen molar-refractivity contribution in [1.29, 1.82) is 0 Å². The molecule has 2 nitrogen and oxygen atoms in total. The van der Waals surface area contributed by atoms with E-state index in [4.69, 9.17) is 11.6 Å². The monoisotopic (exact) mass is 324 g/mol.